The van der Waals surface area contributed by atoms with Crippen molar-refractivity contribution in [3.8, 4) is 0 Å². The van der Waals surface area contributed by atoms with Gasteiger partial charge in [-0.1, -0.05) is 42.5 Å². The van der Waals surface area contributed by atoms with Crippen LogP contribution in [0.5, 0.6) is 0 Å². The molecule has 3 aromatic carbocycles. The topological polar surface area (TPSA) is 66.0 Å². The van der Waals surface area contributed by atoms with Gasteiger partial charge < -0.3 is 15.5 Å². The molecule has 0 saturated heterocycles. The molecule has 3 aromatic rings. The fourth-order valence-corrected chi connectivity index (χ4v) is 3.66. The Morgan fingerprint density at radius 3 is 2.30 bits per heavy atom. The molecule has 0 aliphatic heterocycles. The van der Waals surface area contributed by atoms with E-state index in [1.54, 1.807) is 29.2 Å². The first-order chi connectivity index (χ1) is 14.5. The van der Waals surface area contributed by atoms with E-state index >= 15 is 0 Å². The van der Waals surface area contributed by atoms with Gasteiger partial charge >= 0.3 is 0 Å². The highest BCUT2D eigenvalue weighted by atomic mass is 16.2. The molecule has 0 unspecified atom stereocenters. The van der Waals surface area contributed by atoms with Gasteiger partial charge in [0.1, 0.15) is 6.04 Å². The Bertz CT molecular complexity index is 1010. The lowest BCUT2D eigenvalue weighted by atomic mass is 10.00. The van der Waals surface area contributed by atoms with Crippen molar-refractivity contribution in [3.05, 3.63) is 77.9 Å². The van der Waals surface area contributed by atoms with Gasteiger partial charge in [-0.15, -0.1) is 0 Å². The van der Waals surface area contributed by atoms with Crippen LogP contribution in [0.4, 0.5) is 5.69 Å². The average molecular weight is 405 g/mol. The Morgan fingerprint density at radius 1 is 0.933 bits per heavy atom. The first-order valence-electron chi connectivity index (χ1n) is 10.5. The van der Waals surface area contributed by atoms with Crippen LogP contribution >= 0.6 is 0 Å². The molecule has 0 fully saturated rings. The summed E-state index contributed by atoms with van der Waals surface area (Å²) in [5.41, 5.74) is 2.55. The summed E-state index contributed by atoms with van der Waals surface area (Å²) in [4.78, 5) is 26.6. The van der Waals surface area contributed by atoms with E-state index < -0.39 is 0 Å². The smallest absolute Gasteiger partial charge is 0.279 e. The summed E-state index contributed by atoms with van der Waals surface area (Å²) in [5, 5.41) is 7.38. The van der Waals surface area contributed by atoms with E-state index in [0.717, 1.165) is 0 Å². The molecule has 5 nitrogen and oxygen atoms in total. The lowest BCUT2D eigenvalue weighted by molar-refractivity contribution is -0.682. The van der Waals surface area contributed by atoms with Gasteiger partial charge in [-0.3, -0.25) is 9.59 Å². The van der Waals surface area contributed by atoms with E-state index in [0.29, 0.717) is 30.9 Å². The Kier molecular flexibility index (Phi) is 7.20. The summed E-state index contributed by atoms with van der Waals surface area (Å²) >= 11 is 0. The second kappa shape index (κ2) is 10.0. The maximum atomic E-state index is 12.4. The Balaban J connectivity index is 1.57. The number of amides is 2. The summed E-state index contributed by atoms with van der Waals surface area (Å²) in [7, 11) is 0. The number of fused-ring (bicyclic) bond motifs is 1. The zero-order valence-electron chi connectivity index (χ0n) is 17.9. The van der Waals surface area contributed by atoms with Crippen LogP contribution in [0.15, 0.2) is 66.7 Å². The number of anilines is 1. The summed E-state index contributed by atoms with van der Waals surface area (Å²) in [6, 6.07) is 21.8. The predicted octanol–water partition coefficient (Wildman–Crippen LogP) is 3.58. The molecule has 3 N–H and O–H groups in total. The number of hydrogen-bond acceptors (Lipinski definition) is 2. The van der Waals surface area contributed by atoms with Crippen LogP contribution < -0.4 is 10.6 Å². The molecule has 0 spiro atoms. The lowest BCUT2D eigenvalue weighted by Gasteiger charge is -2.18. The molecule has 0 aliphatic carbocycles. The number of hydrogen-bond donors (Lipinski definition) is 2. The highest BCUT2D eigenvalue weighted by Gasteiger charge is 2.15. The fourth-order valence-electron chi connectivity index (χ4n) is 3.66. The number of quaternary nitrogens is 1. The number of benzene rings is 3. The van der Waals surface area contributed by atoms with Crippen LogP contribution in [-0.2, 0) is 4.79 Å². The largest absolute Gasteiger partial charge is 0.339 e. The van der Waals surface area contributed by atoms with E-state index in [2.05, 4.69) is 42.6 Å². The molecule has 0 saturated carbocycles. The molecule has 0 aromatic heterocycles. The van der Waals surface area contributed by atoms with Gasteiger partial charge in [-0.2, -0.15) is 0 Å². The van der Waals surface area contributed by atoms with Crippen LogP contribution in [0.2, 0.25) is 0 Å². The SMILES string of the molecule is CCN(CC)C(=O)c1ccc(NC(=O)C[NH2+][C@@H](C)c2cccc3ccccc23)cc1. The van der Waals surface area contributed by atoms with E-state index in [9.17, 15) is 9.59 Å². The molecule has 0 radical (unpaired) electrons. The quantitative estimate of drug-likeness (QED) is 0.603. The molecular weight excluding hydrogens is 374 g/mol. The van der Waals surface area contributed by atoms with Gasteiger partial charge in [0.2, 0.25) is 0 Å². The minimum atomic E-state index is -0.0649. The van der Waals surface area contributed by atoms with Crippen molar-refractivity contribution in [1.29, 1.82) is 0 Å². The fraction of sp³-hybridized carbons (Fsp3) is 0.280. The minimum Gasteiger partial charge on any atom is -0.339 e. The normalized spacial score (nSPS) is 11.8. The number of nitrogens with one attached hydrogen (secondary N) is 1. The van der Waals surface area contributed by atoms with Crippen LogP contribution in [0.25, 0.3) is 10.8 Å². The number of rotatable bonds is 8. The van der Waals surface area contributed by atoms with Crippen molar-refractivity contribution in [2.75, 3.05) is 25.0 Å². The lowest BCUT2D eigenvalue weighted by Crippen LogP contribution is -2.86. The third-order valence-electron chi connectivity index (χ3n) is 5.44. The number of carbonyl (C=O) groups is 2. The van der Waals surface area contributed by atoms with Gasteiger partial charge in [-0.25, -0.2) is 0 Å². The van der Waals surface area contributed by atoms with E-state index in [1.807, 2.05) is 31.3 Å². The zero-order chi connectivity index (χ0) is 21.5. The maximum absolute atomic E-state index is 12.4. The average Bonchev–Trinajstić information content (AvgIpc) is 2.78. The number of nitrogens with zero attached hydrogens (tertiary/aromatic N) is 1. The molecule has 1 atom stereocenters. The standard InChI is InChI=1S/C25H29N3O2/c1-4-28(5-2)25(30)20-13-15-21(16-14-20)27-24(29)17-26-18(3)22-12-8-10-19-9-6-7-11-23(19)22/h6-16,18,26H,4-5,17H2,1-3H3,(H,27,29)/p+1/t18-/m0/s1. The van der Waals surface area contributed by atoms with E-state index in [-0.39, 0.29) is 17.9 Å². The second-order valence-electron chi connectivity index (χ2n) is 7.40. The molecule has 0 bridgehead atoms. The number of nitrogens with two attached hydrogens (primary N) is 1. The molecule has 156 valence electrons. The van der Waals surface area contributed by atoms with Crippen LogP contribution in [0.1, 0.15) is 42.7 Å². The summed E-state index contributed by atoms with van der Waals surface area (Å²) < 4.78 is 0. The van der Waals surface area contributed by atoms with Crippen LogP contribution in [-0.4, -0.2) is 36.3 Å². The summed E-state index contributed by atoms with van der Waals surface area (Å²) in [6.45, 7) is 7.72. The first-order valence-corrected chi connectivity index (χ1v) is 10.5. The highest BCUT2D eigenvalue weighted by Crippen LogP contribution is 2.22. The molecule has 0 heterocycles. The third kappa shape index (κ3) is 5.05. The Morgan fingerprint density at radius 2 is 1.60 bits per heavy atom. The van der Waals surface area contributed by atoms with Gasteiger partial charge in [0.25, 0.3) is 11.8 Å². The third-order valence-corrected chi connectivity index (χ3v) is 5.44. The minimum absolute atomic E-state index is 0.00937. The highest BCUT2D eigenvalue weighted by molar-refractivity contribution is 5.96. The predicted molar refractivity (Wildman–Crippen MR) is 121 cm³/mol. The van der Waals surface area contributed by atoms with E-state index in [4.69, 9.17) is 0 Å². The van der Waals surface area contributed by atoms with Crippen molar-refractivity contribution < 1.29 is 14.9 Å². The second-order valence-corrected chi connectivity index (χ2v) is 7.40. The first kappa shape index (κ1) is 21.5. The van der Waals surface area contributed by atoms with Crippen molar-refractivity contribution in [2.24, 2.45) is 0 Å². The molecule has 0 aliphatic rings. The monoisotopic (exact) mass is 404 g/mol. The molecular formula is C25H30N3O2+. The van der Waals surface area contributed by atoms with Crippen LogP contribution in [0, 0.1) is 0 Å². The van der Waals surface area contributed by atoms with Gasteiger partial charge in [0.15, 0.2) is 6.54 Å². The maximum Gasteiger partial charge on any atom is 0.279 e. The van der Waals surface area contributed by atoms with Crippen molar-refractivity contribution in [2.45, 2.75) is 26.8 Å². The molecule has 5 heteroatoms. The Hall–Kier alpha value is -3.18. The number of carbonyl (C=O) groups excluding carboxylic acids is 2. The van der Waals surface area contributed by atoms with Crippen molar-refractivity contribution in [3.63, 3.8) is 0 Å². The zero-order valence-corrected chi connectivity index (χ0v) is 17.9. The van der Waals surface area contributed by atoms with Crippen molar-refractivity contribution >= 4 is 28.3 Å². The van der Waals surface area contributed by atoms with Gasteiger partial charge in [0, 0.05) is 29.9 Å². The molecule has 30 heavy (non-hydrogen) atoms. The van der Waals surface area contributed by atoms with Gasteiger partial charge in [0.05, 0.1) is 0 Å². The van der Waals surface area contributed by atoms with Crippen LogP contribution in [0.3, 0.4) is 0 Å². The molecule has 2 amide bonds. The van der Waals surface area contributed by atoms with E-state index in [1.165, 1.54) is 16.3 Å². The summed E-state index contributed by atoms with van der Waals surface area (Å²) in [5.74, 6) is -0.0555. The Labute approximate surface area is 178 Å². The van der Waals surface area contributed by atoms with Gasteiger partial charge in [-0.05, 0) is 55.8 Å². The van der Waals surface area contributed by atoms with Crippen molar-refractivity contribution in [1.82, 2.24) is 4.90 Å². The summed E-state index contributed by atoms with van der Waals surface area (Å²) in [6.07, 6.45) is 0. The molecule has 3 rings (SSSR count).